The van der Waals surface area contributed by atoms with Crippen molar-refractivity contribution in [1.82, 2.24) is 5.32 Å². The number of amides is 1. The maximum absolute atomic E-state index is 11.6. The van der Waals surface area contributed by atoms with Crippen LogP contribution in [0, 0.1) is 5.92 Å². The molecule has 1 aliphatic rings. The molecule has 5 heteroatoms. The Kier molecular flexibility index (Phi) is 3.82. The number of carbonyl (C=O) groups is 2. The molecule has 0 saturated heterocycles. The third kappa shape index (κ3) is 3.23. The van der Waals surface area contributed by atoms with E-state index in [9.17, 15) is 9.59 Å². The molecule has 2 atom stereocenters. The quantitative estimate of drug-likeness (QED) is 0.795. The summed E-state index contributed by atoms with van der Waals surface area (Å²) in [4.78, 5) is 22.4. The molecule has 0 spiro atoms. The number of carbonyl (C=O) groups excluding carboxylic acids is 1. The van der Waals surface area contributed by atoms with E-state index >= 15 is 0 Å². The van der Waals surface area contributed by atoms with Gasteiger partial charge in [-0.05, 0) is 37.5 Å². The maximum Gasteiger partial charge on any atom is 0.306 e. The molecule has 0 aliphatic heterocycles. The van der Waals surface area contributed by atoms with Crippen LogP contribution in [0.25, 0.3) is 6.08 Å². The molecule has 2 N–H and O–H groups in total. The number of hydrogen-bond acceptors (Lipinski definition) is 3. The van der Waals surface area contributed by atoms with E-state index in [-0.39, 0.29) is 17.9 Å². The highest BCUT2D eigenvalue weighted by molar-refractivity contribution is 5.91. The lowest BCUT2D eigenvalue weighted by molar-refractivity contribution is -0.141. The highest BCUT2D eigenvalue weighted by Crippen LogP contribution is 2.25. The summed E-state index contributed by atoms with van der Waals surface area (Å²) in [6.45, 7) is 0. The minimum absolute atomic E-state index is 0.0418. The van der Waals surface area contributed by atoms with Gasteiger partial charge in [-0.1, -0.05) is 0 Å². The van der Waals surface area contributed by atoms with Crippen molar-refractivity contribution >= 4 is 18.0 Å². The van der Waals surface area contributed by atoms with E-state index in [0.717, 1.165) is 6.42 Å². The van der Waals surface area contributed by atoms with Crippen molar-refractivity contribution in [2.24, 2.45) is 5.92 Å². The average molecular weight is 249 g/mol. The van der Waals surface area contributed by atoms with Gasteiger partial charge in [0.25, 0.3) is 0 Å². The van der Waals surface area contributed by atoms with E-state index in [4.69, 9.17) is 9.52 Å². The van der Waals surface area contributed by atoms with Crippen LogP contribution in [0.15, 0.2) is 28.9 Å². The molecule has 2 rings (SSSR count). The molecular formula is C13H15NO4. The first kappa shape index (κ1) is 12.4. The van der Waals surface area contributed by atoms with Crippen LogP contribution < -0.4 is 5.32 Å². The summed E-state index contributed by atoms with van der Waals surface area (Å²) < 4.78 is 5.06. The third-order valence-electron chi connectivity index (χ3n) is 3.07. The molecule has 2 unspecified atom stereocenters. The minimum Gasteiger partial charge on any atom is -0.481 e. The van der Waals surface area contributed by atoms with Gasteiger partial charge in [0.15, 0.2) is 0 Å². The topological polar surface area (TPSA) is 79.5 Å². The summed E-state index contributed by atoms with van der Waals surface area (Å²) >= 11 is 0. The lowest BCUT2D eigenvalue weighted by Gasteiger charge is -2.09. The molecule has 0 aromatic carbocycles. The Balaban J connectivity index is 1.80. The fraction of sp³-hybridized carbons (Fsp3) is 0.385. The highest BCUT2D eigenvalue weighted by atomic mass is 16.4. The molecule has 1 heterocycles. The van der Waals surface area contributed by atoms with Crippen LogP contribution in [-0.2, 0) is 9.59 Å². The Morgan fingerprint density at radius 1 is 1.44 bits per heavy atom. The standard InChI is InChI=1S/C13H15NO4/c15-12(6-5-11-2-1-7-18-11)14-10-4-3-9(8-10)13(16)17/h1-2,5-7,9-10H,3-4,8H2,(H,14,15)(H,16,17). The predicted octanol–water partition coefficient (Wildman–Crippen LogP) is 1.66. The van der Waals surface area contributed by atoms with Crippen molar-refractivity contribution < 1.29 is 19.1 Å². The Morgan fingerprint density at radius 2 is 2.28 bits per heavy atom. The Hall–Kier alpha value is -2.04. The second kappa shape index (κ2) is 5.53. The molecule has 1 fully saturated rings. The van der Waals surface area contributed by atoms with Crippen LogP contribution in [0.1, 0.15) is 25.0 Å². The zero-order chi connectivity index (χ0) is 13.0. The molecule has 0 bridgehead atoms. The largest absolute Gasteiger partial charge is 0.481 e. The lowest BCUT2D eigenvalue weighted by atomic mass is 10.1. The van der Waals surface area contributed by atoms with Crippen molar-refractivity contribution in [3.63, 3.8) is 0 Å². The fourth-order valence-corrected chi connectivity index (χ4v) is 2.13. The van der Waals surface area contributed by atoms with Crippen LogP contribution in [-0.4, -0.2) is 23.0 Å². The monoisotopic (exact) mass is 249 g/mol. The van der Waals surface area contributed by atoms with Gasteiger partial charge in [0.05, 0.1) is 12.2 Å². The molecule has 1 aromatic rings. The van der Waals surface area contributed by atoms with Crippen LogP contribution in [0.3, 0.4) is 0 Å². The lowest BCUT2D eigenvalue weighted by Crippen LogP contribution is -2.31. The number of rotatable bonds is 4. The van der Waals surface area contributed by atoms with E-state index in [2.05, 4.69) is 5.32 Å². The molecule has 5 nitrogen and oxygen atoms in total. The smallest absolute Gasteiger partial charge is 0.306 e. The summed E-state index contributed by atoms with van der Waals surface area (Å²) in [5, 5.41) is 11.6. The van der Waals surface area contributed by atoms with Crippen molar-refractivity contribution in [2.45, 2.75) is 25.3 Å². The summed E-state index contributed by atoms with van der Waals surface area (Å²) in [7, 11) is 0. The molecular weight excluding hydrogens is 234 g/mol. The van der Waals surface area contributed by atoms with Crippen LogP contribution >= 0.6 is 0 Å². The summed E-state index contributed by atoms with van der Waals surface area (Å²) in [6.07, 6.45) is 6.37. The predicted molar refractivity (Wildman–Crippen MR) is 64.6 cm³/mol. The van der Waals surface area contributed by atoms with E-state index in [1.165, 1.54) is 12.3 Å². The minimum atomic E-state index is -0.780. The Morgan fingerprint density at radius 3 is 2.89 bits per heavy atom. The zero-order valence-electron chi connectivity index (χ0n) is 9.83. The van der Waals surface area contributed by atoms with Crippen LogP contribution in [0.2, 0.25) is 0 Å². The van der Waals surface area contributed by atoms with E-state index in [1.807, 2.05) is 0 Å². The van der Waals surface area contributed by atoms with Crippen molar-refractivity contribution in [1.29, 1.82) is 0 Å². The van der Waals surface area contributed by atoms with E-state index in [0.29, 0.717) is 18.6 Å². The third-order valence-corrected chi connectivity index (χ3v) is 3.07. The molecule has 1 amide bonds. The summed E-state index contributed by atoms with van der Waals surface area (Å²) in [5.74, 6) is -0.718. The Labute approximate surface area is 104 Å². The van der Waals surface area contributed by atoms with Crippen LogP contribution in [0.4, 0.5) is 0 Å². The first-order valence-corrected chi connectivity index (χ1v) is 5.90. The number of hydrogen-bond donors (Lipinski definition) is 2. The Bertz CT molecular complexity index is 450. The first-order chi connectivity index (χ1) is 8.65. The van der Waals surface area contributed by atoms with Crippen LogP contribution in [0.5, 0.6) is 0 Å². The fourth-order valence-electron chi connectivity index (χ4n) is 2.13. The first-order valence-electron chi connectivity index (χ1n) is 5.90. The van der Waals surface area contributed by atoms with Gasteiger partial charge in [0.2, 0.25) is 5.91 Å². The molecule has 1 aromatic heterocycles. The second-order valence-corrected chi connectivity index (χ2v) is 4.40. The SMILES string of the molecule is O=C(C=Cc1ccco1)NC1CCC(C(=O)O)C1. The zero-order valence-corrected chi connectivity index (χ0v) is 9.83. The van der Waals surface area contributed by atoms with Gasteiger partial charge >= 0.3 is 5.97 Å². The maximum atomic E-state index is 11.6. The van der Waals surface area contributed by atoms with Gasteiger partial charge in [0.1, 0.15) is 5.76 Å². The van der Waals surface area contributed by atoms with Crippen molar-refractivity contribution in [3.05, 3.63) is 30.2 Å². The van der Waals surface area contributed by atoms with Gasteiger partial charge in [-0.2, -0.15) is 0 Å². The molecule has 18 heavy (non-hydrogen) atoms. The number of carboxylic acid groups (broad SMARTS) is 1. The van der Waals surface area contributed by atoms with E-state index in [1.54, 1.807) is 18.2 Å². The normalized spacial score (nSPS) is 23.3. The molecule has 96 valence electrons. The molecule has 0 radical (unpaired) electrons. The number of nitrogens with one attached hydrogen (secondary N) is 1. The number of carboxylic acids is 1. The van der Waals surface area contributed by atoms with E-state index < -0.39 is 5.97 Å². The van der Waals surface area contributed by atoms with Crippen molar-refractivity contribution in [3.8, 4) is 0 Å². The van der Waals surface area contributed by atoms with Gasteiger partial charge in [0, 0.05) is 12.1 Å². The second-order valence-electron chi connectivity index (χ2n) is 4.40. The van der Waals surface area contributed by atoms with Crippen molar-refractivity contribution in [2.75, 3.05) is 0 Å². The molecule has 1 saturated carbocycles. The molecule has 1 aliphatic carbocycles. The summed E-state index contributed by atoms with van der Waals surface area (Å²) in [6, 6.07) is 3.45. The van der Waals surface area contributed by atoms with Gasteiger partial charge in [-0.15, -0.1) is 0 Å². The van der Waals surface area contributed by atoms with Gasteiger partial charge < -0.3 is 14.8 Å². The average Bonchev–Trinajstić information content (AvgIpc) is 2.96. The number of furan rings is 1. The number of aliphatic carboxylic acids is 1. The van der Waals surface area contributed by atoms with Gasteiger partial charge in [-0.3, -0.25) is 9.59 Å². The van der Waals surface area contributed by atoms with Gasteiger partial charge in [-0.25, -0.2) is 0 Å². The highest BCUT2D eigenvalue weighted by Gasteiger charge is 2.30. The summed E-state index contributed by atoms with van der Waals surface area (Å²) in [5.41, 5.74) is 0.